The second kappa shape index (κ2) is 3.11. The number of nitrogens with two attached hydrogens (primary N) is 1. The normalized spacial score (nSPS) is 22.5. The predicted molar refractivity (Wildman–Crippen MR) is 41.7 cm³/mol. The number of aliphatic hydroxyl groups is 1. The molecule has 0 aromatic rings. The molecule has 0 atom stereocenters. The van der Waals surface area contributed by atoms with Gasteiger partial charge in [-0.15, -0.1) is 0 Å². The van der Waals surface area contributed by atoms with E-state index in [0.29, 0.717) is 25.5 Å². The van der Waals surface area contributed by atoms with Gasteiger partial charge in [-0.1, -0.05) is 0 Å². The first-order chi connectivity index (χ1) is 5.12. The summed E-state index contributed by atoms with van der Waals surface area (Å²) in [5, 5.41) is 12.4. The molecule has 0 saturated carbocycles. The van der Waals surface area contributed by atoms with Gasteiger partial charge in [0, 0.05) is 18.4 Å². The van der Waals surface area contributed by atoms with Gasteiger partial charge in [0.2, 0.25) is 0 Å². The minimum Gasteiger partial charge on any atom is -0.401 e. The summed E-state index contributed by atoms with van der Waals surface area (Å²) in [5.74, 6) is 0. The molecule has 1 aliphatic heterocycles. The highest BCUT2D eigenvalue weighted by Crippen LogP contribution is 2.14. The maximum atomic E-state index is 9.47. The van der Waals surface area contributed by atoms with Crippen LogP contribution in [0.5, 0.6) is 0 Å². The van der Waals surface area contributed by atoms with E-state index in [1.165, 1.54) is 0 Å². The zero-order valence-electron chi connectivity index (χ0n) is 6.63. The number of hydrogen-bond acceptors (Lipinski definition) is 4. The number of hydrogen-bond donors (Lipinski definition) is 3. The summed E-state index contributed by atoms with van der Waals surface area (Å²) in [5.41, 5.74) is 5.39. The molecule has 11 heavy (non-hydrogen) atoms. The third kappa shape index (κ3) is 2.40. The van der Waals surface area contributed by atoms with Crippen LogP contribution in [-0.4, -0.2) is 30.5 Å². The topological polar surface area (TPSA) is 67.5 Å². The van der Waals surface area contributed by atoms with E-state index in [4.69, 9.17) is 10.5 Å². The van der Waals surface area contributed by atoms with Gasteiger partial charge >= 0.3 is 0 Å². The summed E-state index contributed by atoms with van der Waals surface area (Å²) in [7, 11) is 0. The second-order valence-electron chi connectivity index (χ2n) is 2.99. The maximum Gasteiger partial charge on any atom is 0.128 e. The fourth-order valence-corrected chi connectivity index (χ4v) is 0.842. The van der Waals surface area contributed by atoms with E-state index in [2.05, 4.69) is 5.32 Å². The van der Waals surface area contributed by atoms with E-state index in [0.717, 1.165) is 0 Å². The lowest BCUT2D eigenvalue weighted by molar-refractivity contribution is -0.173. The largest absolute Gasteiger partial charge is 0.401 e. The average Bonchev–Trinajstić information content (AvgIpc) is 1.83. The van der Waals surface area contributed by atoms with Gasteiger partial charge in [0.25, 0.3) is 0 Å². The molecular formula is C7H14N2O2. The monoisotopic (exact) mass is 158 g/mol. The van der Waals surface area contributed by atoms with Crippen molar-refractivity contribution in [2.75, 3.05) is 19.8 Å². The molecule has 0 radical (unpaired) electrons. The molecule has 1 fully saturated rings. The molecule has 0 aromatic heterocycles. The molecular weight excluding hydrogens is 144 g/mol. The maximum absolute atomic E-state index is 9.47. The Kier molecular flexibility index (Phi) is 2.36. The smallest absolute Gasteiger partial charge is 0.128 e. The summed E-state index contributed by atoms with van der Waals surface area (Å²) in [6.45, 7) is 3.12. The third-order valence-electron chi connectivity index (χ3n) is 1.50. The lowest BCUT2D eigenvalue weighted by Crippen LogP contribution is -2.55. The average molecular weight is 158 g/mol. The number of rotatable bonds is 3. The first-order valence-electron chi connectivity index (χ1n) is 3.58. The first kappa shape index (κ1) is 8.36. The van der Waals surface area contributed by atoms with Crippen molar-refractivity contribution in [3.05, 3.63) is 11.9 Å². The van der Waals surface area contributed by atoms with E-state index < -0.39 is 5.60 Å². The molecule has 0 aliphatic carbocycles. The number of allylic oxidation sites excluding steroid dienone is 1. The highest BCUT2D eigenvalue weighted by molar-refractivity contribution is 4.94. The zero-order valence-corrected chi connectivity index (χ0v) is 6.63. The van der Waals surface area contributed by atoms with Crippen molar-refractivity contribution in [1.82, 2.24) is 5.32 Å². The molecule has 1 rings (SSSR count). The molecule has 4 heteroatoms. The summed E-state index contributed by atoms with van der Waals surface area (Å²) in [6.07, 6.45) is 1.68. The standard InChI is InChI=1S/C7H14N2O2/c1-6(8)2-9-3-7(10)4-11-5-7/h2,9-10H,3-5,8H2,1H3/b6-2-. The van der Waals surface area contributed by atoms with Crippen molar-refractivity contribution < 1.29 is 9.84 Å². The lowest BCUT2D eigenvalue weighted by Gasteiger charge is -2.36. The Morgan fingerprint density at radius 3 is 2.82 bits per heavy atom. The van der Waals surface area contributed by atoms with Gasteiger partial charge in [-0.05, 0) is 6.92 Å². The SMILES string of the molecule is C/C(N)=C/NCC1(O)COC1. The van der Waals surface area contributed by atoms with E-state index in [1.54, 1.807) is 13.1 Å². The molecule has 1 saturated heterocycles. The Balaban J connectivity index is 2.16. The predicted octanol–water partition coefficient (Wildman–Crippen LogP) is -0.843. The van der Waals surface area contributed by atoms with Crippen LogP contribution in [0.2, 0.25) is 0 Å². The molecule has 0 unspecified atom stereocenters. The van der Waals surface area contributed by atoms with Crippen LogP contribution in [0.15, 0.2) is 11.9 Å². The Morgan fingerprint density at radius 2 is 2.45 bits per heavy atom. The van der Waals surface area contributed by atoms with Crippen LogP contribution in [0.1, 0.15) is 6.92 Å². The van der Waals surface area contributed by atoms with Crippen LogP contribution >= 0.6 is 0 Å². The molecule has 1 aliphatic rings. The van der Waals surface area contributed by atoms with Gasteiger partial charge in [-0.25, -0.2) is 0 Å². The van der Waals surface area contributed by atoms with Crippen LogP contribution in [0, 0.1) is 0 Å². The Labute approximate surface area is 66.0 Å². The molecule has 4 nitrogen and oxygen atoms in total. The van der Waals surface area contributed by atoms with Gasteiger partial charge in [0.05, 0.1) is 13.2 Å². The van der Waals surface area contributed by atoms with Gasteiger partial charge in [-0.3, -0.25) is 0 Å². The highest BCUT2D eigenvalue weighted by atomic mass is 16.5. The fourth-order valence-electron chi connectivity index (χ4n) is 0.842. The van der Waals surface area contributed by atoms with Gasteiger partial charge in [0.1, 0.15) is 5.60 Å². The van der Waals surface area contributed by atoms with Crippen LogP contribution in [0.4, 0.5) is 0 Å². The van der Waals surface area contributed by atoms with E-state index >= 15 is 0 Å². The minimum absolute atomic E-state index is 0.414. The summed E-state index contributed by atoms with van der Waals surface area (Å²) in [4.78, 5) is 0. The Bertz CT molecular complexity index is 160. The Morgan fingerprint density at radius 1 is 1.82 bits per heavy atom. The summed E-state index contributed by atoms with van der Waals surface area (Å²) >= 11 is 0. The van der Waals surface area contributed by atoms with Crippen molar-refractivity contribution in [3.8, 4) is 0 Å². The molecule has 0 spiro atoms. The van der Waals surface area contributed by atoms with Crippen LogP contribution in [0.25, 0.3) is 0 Å². The molecule has 4 N–H and O–H groups in total. The fraction of sp³-hybridized carbons (Fsp3) is 0.714. The summed E-state index contributed by atoms with van der Waals surface area (Å²) in [6, 6.07) is 0. The van der Waals surface area contributed by atoms with Crippen molar-refractivity contribution >= 4 is 0 Å². The van der Waals surface area contributed by atoms with E-state index in [-0.39, 0.29) is 0 Å². The molecule has 0 bridgehead atoms. The van der Waals surface area contributed by atoms with Crippen molar-refractivity contribution in [3.63, 3.8) is 0 Å². The van der Waals surface area contributed by atoms with E-state index in [1.807, 2.05) is 0 Å². The number of ether oxygens (including phenoxy) is 1. The first-order valence-corrected chi connectivity index (χ1v) is 3.58. The van der Waals surface area contributed by atoms with E-state index in [9.17, 15) is 5.11 Å². The van der Waals surface area contributed by atoms with Gasteiger partial charge in [0.15, 0.2) is 0 Å². The second-order valence-corrected chi connectivity index (χ2v) is 2.99. The van der Waals surface area contributed by atoms with Crippen molar-refractivity contribution in [1.29, 1.82) is 0 Å². The quantitative estimate of drug-likeness (QED) is 0.501. The third-order valence-corrected chi connectivity index (χ3v) is 1.50. The molecule has 1 heterocycles. The molecule has 0 amide bonds. The highest BCUT2D eigenvalue weighted by Gasteiger charge is 2.35. The van der Waals surface area contributed by atoms with Crippen LogP contribution in [-0.2, 0) is 4.74 Å². The zero-order chi connectivity index (χ0) is 8.32. The van der Waals surface area contributed by atoms with Crippen LogP contribution < -0.4 is 11.1 Å². The van der Waals surface area contributed by atoms with Gasteiger partial charge in [-0.2, -0.15) is 0 Å². The van der Waals surface area contributed by atoms with Crippen molar-refractivity contribution in [2.24, 2.45) is 5.73 Å². The number of nitrogens with one attached hydrogen (secondary N) is 1. The van der Waals surface area contributed by atoms with Gasteiger partial charge < -0.3 is 20.9 Å². The molecule has 0 aromatic carbocycles. The van der Waals surface area contributed by atoms with Crippen LogP contribution in [0.3, 0.4) is 0 Å². The van der Waals surface area contributed by atoms with Crippen molar-refractivity contribution in [2.45, 2.75) is 12.5 Å². The minimum atomic E-state index is -0.675. The summed E-state index contributed by atoms with van der Waals surface area (Å²) < 4.78 is 4.85. The Hall–Kier alpha value is -0.740. The molecule has 64 valence electrons. The lowest BCUT2D eigenvalue weighted by atomic mass is 10.0.